The predicted octanol–water partition coefficient (Wildman–Crippen LogP) is 5.12. The van der Waals surface area contributed by atoms with Gasteiger partial charge in [0.05, 0.1) is 11.3 Å². The van der Waals surface area contributed by atoms with E-state index in [0.29, 0.717) is 21.8 Å². The second-order valence-electron chi connectivity index (χ2n) is 7.01. The molecule has 1 aromatic rings. The lowest BCUT2D eigenvalue weighted by Gasteiger charge is -2.23. The minimum absolute atomic E-state index is 0.366. The van der Waals surface area contributed by atoms with Gasteiger partial charge in [0.2, 0.25) is 0 Å². The number of halogens is 1. The fourth-order valence-electron chi connectivity index (χ4n) is 2.90. The van der Waals surface area contributed by atoms with E-state index in [1.807, 2.05) is 6.08 Å². The van der Waals surface area contributed by atoms with Gasteiger partial charge in [-0.1, -0.05) is 29.3 Å². The molecule has 0 N–H and O–H groups in total. The molecule has 1 aromatic carbocycles. The third kappa shape index (κ3) is 3.24. The molecular formula is C19H20ClNO3. The lowest BCUT2D eigenvalue weighted by molar-refractivity contribution is -0.112. The van der Waals surface area contributed by atoms with Gasteiger partial charge in [-0.3, -0.25) is 4.79 Å². The first-order valence-electron chi connectivity index (χ1n) is 8.04. The molecule has 0 unspecified atom stereocenters. The van der Waals surface area contributed by atoms with E-state index >= 15 is 0 Å². The van der Waals surface area contributed by atoms with Gasteiger partial charge >= 0.3 is 6.09 Å². The van der Waals surface area contributed by atoms with Crippen molar-refractivity contribution >= 4 is 34.9 Å². The van der Waals surface area contributed by atoms with Gasteiger partial charge in [0.15, 0.2) is 0 Å². The topological polar surface area (TPSA) is 46.6 Å². The summed E-state index contributed by atoms with van der Waals surface area (Å²) in [5.41, 5.74) is 2.15. The molecule has 1 aliphatic heterocycles. The maximum atomic E-state index is 12.9. The van der Waals surface area contributed by atoms with Crippen molar-refractivity contribution in [1.29, 1.82) is 0 Å². The van der Waals surface area contributed by atoms with Crippen molar-refractivity contribution in [2.24, 2.45) is 0 Å². The third-order valence-corrected chi connectivity index (χ3v) is 4.14. The van der Waals surface area contributed by atoms with Gasteiger partial charge in [-0.15, -0.1) is 0 Å². The highest BCUT2D eigenvalue weighted by Crippen LogP contribution is 2.40. The number of carbonyl (C=O) groups is 2. The van der Waals surface area contributed by atoms with Crippen LogP contribution in [-0.2, 0) is 9.53 Å². The third-order valence-electron chi connectivity index (χ3n) is 3.91. The van der Waals surface area contributed by atoms with Crippen LogP contribution in [0, 0.1) is 0 Å². The Bertz CT molecular complexity index is 771. The SMILES string of the molecule is CC(C)(C)OC(=O)N1C(=O)C(=CC2=CCCC2)c2ccc(Cl)cc21. The van der Waals surface area contributed by atoms with Gasteiger partial charge < -0.3 is 4.74 Å². The minimum atomic E-state index is -0.684. The van der Waals surface area contributed by atoms with Gasteiger partial charge in [-0.05, 0) is 58.2 Å². The van der Waals surface area contributed by atoms with Gasteiger partial charge in [0.1, 0.15) is 5.60 Å². The Balaban J connectivity index is 2.04. The van der Waals surface area contributed by atoms with Crippen molar-refractivity contribution in [2.45, 2.75) is 45.6 Å². The molecular weight excluding hydrogens is 326 g/mol. The second-order valence-corrected chi connectivity index (χ2v) is 7.45. The van der Waals surface area contributed by atoms with Crippen LogP contribution in [0.2, 0.25) is 5.02 Å². The summed E-state index contributed by atoms with van der Waals surface area (Å²) in [5.74, 6) is -0.366. The zero-order valence-electron chi connectivity index (χ0n) is 14.1. The van der Waals surface area contributed by atoms with Crippen molar-refractivity contribution in [3.63, 3.8) is 0 Å². The van der Waals surface area contributed by atoms with Crippen molar-refractivity contribution in [3.8, 4) is 0 Å². The Morgan fingerprint density at radius 3 is 2.71 bits per heavy atom. The fourth-order valence-corrected chi connectivity index (χ4v) is 3.07. The average Bonchev–Trinajstić information content (AvgIpc) is 3.05. The molecule has 3 rings (SSSR count). The average molecular weight is 346 g/mol. The van der Waals surface area contributed by atoms with Gasteiger partial charge in [-0.25, -0.2) is 9.69 Å². The van der Waals surface area contributed by atoms with E-state index in [0.717, 1.165) is 29.7 Å². The minimum Gasteiger partial charge on any atom is -0.443 e. The summed E-state index contributed by atoms with van der Waals surface area (Å²) >= 11 is 6.07. The molecule has 0 bridgehead atoms. The smallest absolute Gasteiger partial charge is 0.422 e. The van der Waals surface area contributed by atoms with Crippen LogP contribution in [-0.4, -0.2) is 17.6 Å². The normalized spacial score (nSPS) is 18.8. The summed E-state index contributed by atoms with van der Waals surface area (Å²) < 4.78 is 5.39. The molecule has 0 saturated heterocycles. The molecule has 0 saturated carbocycles. The number of nitrogens with zero attached hydrogens (tertiary/aromatic N) is 1. The quantitative estimate of drug-likeness (QED) is 0.664. The van der Waals surface area contributed by atoms with Crippen molar-refractivity contribution in [3.05, 3.63) is 46.5 Å². The molecule has 2 aliphatic rings. The van der Waals surface area contributed by atoms with E-state index in [4.69, 9.17) is 16.3 Å². The first-order chi connectivity index (χ1) is 11.3. The molecule has 0 aromatic heterocycles. The molecule has 126 valence electrons. The van der Waals surface area contributed by atoms with Crippen LogP contribution in [0.4, 0.5) is 10.5 Å². The number of rotatable bonds is 1. The largest absolute Gasteiger partial charge is 0.443 e. The maximum absolute atomic E-state index is 12.9. The summed E-state index contributed by atoms with van der Waals surface area (Å²) in [5, 5.41) is 0.469. The van der Waals surface area contributed by atoms with E-state index in [9.17, 15) is 9.59 Å². The fraction of sp³-hybridized carbons (Fsp3) is 0.368. The van der Waals surface area contributed by atoms with Crippen LogP contribution in [0.5, 0.6) is 0 Å². The molecule has 0 fully saturated rings. The van der Waals surface area contributed by atoms with Crippen LogP contribution in [0.3, 0.4) is 0 Å². The van der Waals surface area contributed by atoms with Crippen LogP contribution < -0.4 is 4.90 Å². The first-order valence-corrected chi connectivity index (χ1v) is 8.42. The van der Waals surface area contributed by atoms with E-state index in [1.165, 1.54) is 0 Å². The summed E-state index contributed by atoms with van der Waals surface area (Å²) in [4.78, 5) is 26.5. The standard InChI is InChI=1S/C19H20ClNO3/c1-19(2,3)24-18(23)21-16-11-13(20)8-9-14(16)15(17(21)22)10-12-6-4-5-7-12/h6,8-11H,4-5,7H2,1-3H3. The number of anilines is 1. The predicted molar refractivity (Wildman–Crippen MR) is 95.1 cm³/mol. The lowest BCUT2D eigenvalue weighted by Crippen LogP contribution is -2.38. The second kappa shape index (κ2) is 6.10. The molecule has 5 heteroatoms. The highest BCUT2D eigenvalue weighted by atomic mass is 35.5. The van der Waals surface area contributed by atoms with Crippen LogP contribution in [0.1, 0.15) is 45.6 Å². The summed E-state index contributed by atoms with van der Waals surface area (Å²) in [6.45, 7) is 5.30. The number of ether oxygens (including phenoxy) is 1. The lowest BCUT2D eigenvalue weighted by atomic mass is 10.0. The molecule has 1 heterocycles. The summed E-state index contributed by atoms with van der Waals surface area (Å²) in [6.07, 6.45) is 6.40. The van der Waals surface area contributed by atoms with Crippen molar-refractivity contribution in [1.82, 2.24) is 0 Å². The number of carbonyl (C=O) groups excluding carboxylic acids is 2. The first kappa shape index (κ1) is 16.8. The Hall–Kier alpha value is -2.07. The number of benzene rings is 1. The van der Waals surface area contributed by atoms with Crippen LogP contribution in [0.25, 0.3) is 5.57 Å². The monoisotopic (exact) mass is 345 g/mol. The van der Waals surface area contributed by atoms with E-state index < -0.39 is 11.7 Å². The molecule has 1 aliphatic carbocycles. The number of imide groups is 1. The van der Waals surface area contributed by atoms with Crippen molar-refractivity contribution in [2.75, 3.05) is 4.90 Å². The molecule has 4 nitrogen and oxygen atoms in total. The van der Waals surface area contributed by atoms with E-state index in [2.05, 4.69) is 6.08 Å². The maximum Gasteiger partial charge on any atom is 0.422 e. The molecule has 0 radical (unpaired) electrons. The number of allylic oxidation sites excluding steroid dienone is 3. The summed E-state index contributed by atoms with van der Waals surface area (Å²) in [7, 11) is 0. The Morgan fingerprint density at radius 1 is 1.33 bits per heavy atom. The zero-order chi connectivity index (χ0) is 17.5. The van der Waals surface area contributed by atoms with Crippen LogP contribution >= 0.6 is 11.6 Å². The Morgan fingerprint density at radius 2 is 2.08 bits per heavy atom. The van der Waals surface area contributed by atoms with Gasteiger partial charge in [-0.2, -0.15) is 0 Å². The Kier molecular flexibility index (Phi) is 4.26. The molecule has 2 amide bonds. The number of fused-ring (bicyclic) bond motifs is 1. The Labute approximate surface area is 146 Å². The van der Waals surface area contributed by atoms with Gasteiger partial charge in [0, 0.05) is 10.6 Å². The zero-order valence-corrected chi connectivity index (χ0v) is 14.8. The molecule has 0 spiro atoms. The molecule has 24 heavy (non-hydrogen) atoms. The van der Waals surface area contributed by atoms with E-state index in [-0.39, 0.29) is 5.91 Å². The van der Waals surface area contributed by atoms with Crippen molar-refractivity contribution < 1.29 is 14.3 Å². The summed E-state index contributed by atoms with van der Waals surface area (Å²) in [6, 6.07) is 5.13. The highest BCUT2D eigenvalue weighted by molar-refractivity contribution is 6.40. The van der Waals surface area contributed by atoms with E-state index in [1.54, 1.807) is 39.0 Å². The number of amides is 2. The number of hydrogen-bond donors (Lipinski definition) is 0. The highest BCUT2D eigenvalue weighted by Gasteiger charge is 2.39. The van der Waals surface area contributed by atoms with Crippen LogP contribution in [0.15, 0.2) is 35.9 Å². The molecule has 0 atom stereocenters. The number of hydrogen-bond acceptors (Lipinski definition) is 3. The van der Waals surface area contributed by atoms with Gasteiger partial charge in [0.25, 0.3) is 5.91 Å².